The highest BCUT2D eigenvalue weighted by Crippen LogP contribution is 2.23. The van der Waals surface area contributed by atoms with Gasteiger partial charge in [0.25, 0.3) is 0 Å². The van der Waals surface area contributed by atoms with Crippen LogP contribution >= 0.6 is 0 Å². The van der Waals surface area contributed by atoms with E-state index in [1.54, 1.807) is 0 Å². The zero-order valence-corrected chi connectivity index (χ0v) is 18.8. The van der Waals surface area contributed by atoms with Gasteiger partial charge in [-0.3, -0.25) is 0 Å². The summed E-state index contributed by atoms with van der Waals surface area (Å²) in [7, 11) is 0. The average Bonchev–Trinajstić information content (AvgIpc) is 2.66. The Morgan fingerprint density at radius 3 is 1.12 bits per heavy atom. The van der Waals surface area contributed by atoms with E-state index >= 15 is 0 Å². The van der Waals surface area contributed by atoms with E-state index in [1.165, 1.54) is 135 Å². The predicted molar refractivity (Wildman–Crippen MR) is 122 cm³/mol. The molecule has 1 unspecified atom stereocenters. The molecule has 0 nitrogen and oxygen atoms in total. The lowest BCUT2D eigenvalue weighted by molar-refractivity contribution is 0.373. The topological polar surface area (TPSA) is 0 Å². The first kappa shape index (κ1) is 26.0. The van der Waals surface area contributed by atoms with Crippen molar-refractivity contribution in [3.8, 4) is 0 Å². The number of hydrogen-bond acceptors (Lipinski definition) is 0. The summed E-state index contributed by atoms with van der Waals surface area (Å²) < 4.78 is 0. The Morgan fingerprint density at radius 1 is 0.423 bits per heavy atom. The van der Waals surface area contributed by atoms with Gasteiger partial charge < -0.3 is 0 Å². The lowest BCUT2D eigenvalue weighted by Gasteiger charge is -2.16. The average molecular weight is 366 g/mol. The zero-order valence-electron chi connectivity index (χ0n) is 18.8. The van der Waals surface area contributed by atoms with Crippen molar-refractivity contribution >= 4 is 0 Å². The van der Waals surface area contributed by atoms with Gasteiger partial charge >= 0.3 is 0 Å². The summed E-state index contributed by atoms with van der Waals surface area (Å²) >= 11 is 0. The molecule has 0 aliphatic heterocycles. The van der Waals surface area contributed by atoms with Crippen LogP contribution in [0.25, 0.3) is 0 Å². The van der Waals surface area contributed by atoms with Crippen LogP contribution in [-0.4, -0.2) is 0 Å². The summed E-state index contributed by atoms with van der Waals surface area (Å²) in [5.74, 6) is 1.00. The maximum absolute atomic E-state index is 4.04. The van der Waals surface area contributed by atoms with Crippen molar-refractivity contribution in [2.45, 2.75) is 155 Å². The maximum Gasteiger partial charge on any atom is -0.0414 e. The molecule has 1 atom stereocenters. The molecule has 0 fully saturated rings. The molecule has 0 N–H and O–H groups in total. The van der Waals surface area contributed by atoms with Crippen LogP contribution in [0.4, 0.5) is 0 Å². The van der Waals surface area contributed by atoms with Gasteiger partial charge in [-0.15, -0.1) is 0 Å². The molecular formula is C26H53. The van der Waals surface area contributed by atoms with Gasteiger partial charge in [-0.1, -0.05) is 162 Å². The quantitative estimate of drug-likeness (QED) is 0.167. The lowest BCUT2D eigenvalue weighted by atomic mass is 9.90. The van der Waals surface area contributed by atoms with E-state index in [0.717, 1.165) is 12.3 Å². The normalized spacial score (nSPS) is 12.6. The van der Waals surface area contributed by atoms with Crippen LogP contribution < -0.4 is 0 Å². The van der Waals surface area contributed by atoms with E-state index in [4.69, 9.17) is 0 Å². The van der Waals surface area contributed by atoms with Crippen LogP contribution in [0.2, 0.25) is 0 Å². The lowest BCUT2D eigenvalue weighted by Crippen LogP contribution is -2.01. The van der Waals surface area contributed by atoms with Crippen LogP contribution in [0, 0.1) is 12.8 Å². The third kappa shape index (κ3) is 20.3. The summed E-state index contributed by atoms with van der Waals surface area (Å²) in [6.45, 7) is 8.65. The minimum atomic E-state index is 1.00. The third-order valence-corrected chi connectivity index (χ3v) is 6.04. The molecule has 1 radical (unpaired) electrons. The highest BCUT2D eigenvalue weighted by molar-refractivity contribution is 4.62. The van der Waals surface area contributed by atoms with E-state index in [2.05, 4.69) is 20.8 Å². The molecular weight excluding hydrogens is 312 g/mol. The highest BCUT2D eigenvalue weighted by atomic mass is 14.1. The Labute approximate surface area is 168 Å². The predicted octanol–water partition coefficient (Wildman–Crippen LogP) is 10.1. The Bertz CT molecular complexity index is 232. The molecule has 0 saturated heterocycles. The van der Waals surface area contributed by atoms with Crippen LogP contribution in [-0.2, 0) is 0 Å². The van der Waals surface area contributed by atoms with Gasteiger partial charge in [0.15, 0.2) is 0 Å². The molecule has 0 rings (SSSR count). The van der Waals surface area contributed by atoms with E-state index in [0.29, 0.717) is 0 Å². The standard InChI is InChI=1S/C26H53/c1-4-7-10-12-13-14-15-16-17-18-19-20-22-25-26(23-9-6-3)24-21-11-8-5-2/h26H,3-25H2,1-2H3. The van der Waals surface area contributed by atoms with Gasteiger partial charge in [-0.2, -0.15) is 0 Å². The van der Waals surface area contributed by atoms with E-state index in [-0.39, 0.29) is 0 Å². The Morgan fingerprint density at radius 2 is 0.731 bits per heavy atom. The summed E-state index contributed by atoms with van der Waals surface area (Å²) in [5, 5.41) is 0. The second-order valence-electron chi connectivity index (χ2n) is 8.74. The molecule has 0 aromatic rings. The third-order valence-electron chi connectivity index (χ3n) is 6.04. The molecule has 0 amide bonds. The Kier molecular flexibility index (Phi) is 23.0. The van der Waals surface area contributed by atoms with Crippen molar-refractivity contribution in [1.29, 1.82) is 0 Å². The molecule has 0 saturated carbocycles. The molecule has 0 aromatic heterocycles. The molecule has 26 heavy (non-hydrogen) atoms. The molecule has 0 bridgehead atoms. The zero-order chi connectivity index (χ0) is 19.1. The van der Waals surface area contributed by atoms with E-state index in [9.17, 15) is 0 Å². The molecule has 0 spiro atoms. The summed E-state index contributed by atoms with van der Waals surface area (Å²) in [6, 6.07) is 0. The van der Waals surface area contributed by atoms with Gasteiger partial charge in [-0.05, 0) is 5.92 Å². The van der Waals surface area contributed by atoms with Gasteiger partial charge in [0, 0.05) is 0 Å². The van der Waals surface area contributed by atoms with Crippen LogP contribution in [0.1, 0.15) is 155 Å². The van der Waals surface area contributed by atoms with E-state index in [1.807, 2.05) is 0 Å². The highest BCUT2D eigenvalue weighted by Gasteiger charge is 2.08. The fourth-order valence-corrected chi connectivity index (χ4v) is 4.18. The smallest absolute Gasteiger partial charge is 0.0414 e. The summed E-state index contributed by atoms with van der Waals surface area (Å²) in [4.78, 5) is 0. The van der Waals surface area contributed by atoms with Gasteiger partial charge in [0.2, 0.25) is 0 Å². The fourth-order valence-electron chi connectivity index (χ4n) is 4.18. The van der Waals surface area contributed by atoms with Gasteiger partial charge in [-0.25, -0.2) is 0 Å². The Balaban J connectivity index is 3.39. The van der Waals surface area contributed by atoms with Crippen LogP contribution in [0.5, 0.6) is 0 Å². The van der Waals surface area contributed by atoms with Crippen LogP contribution in [0.15, 0.2) is 0 Å². The second-order valence-corrected chi connectivity index (χ2v) is 8.74. The van der Waals surface area contributed by atoms with Gasteiger partial charge in [0.1, 0.15) is 0 Å². The minimum absolute atomic E-state index is 1.00. The summed E-state index contributed by atoms with van der Waals surface area (Å²) in [6.07, 6.45) is 31.7. The van der Waals surface area contributed by atoms with Crippen molar-refractivity contribution in [1.82, 2.24) is 0 Å². The number of hydrogen-bond donors (Lipinski definition) is 0. The maximum atomic E-state index is 4.04. The number of unbranched alkanes of at least 4 members (excludes halogenated alkanes) is 16. The first-order valence-corrected chi connectivity index (χ1v) is 12.6. The molecule has 0 heterocycles. The Hall–Kier alpha value is 0. The molecule has 0 aliphatic rings. The van der Waals surface area contributed by atoms with Gasteiger partial charge in [0.05, 0.1) is 0 Å². The van der Waals surface area contributed by atoms with Crippen molar-refractivity contribution in [3.05, 3.63) is 6.92 Å². The first-order chi connectivity index (χ1) is 12.8. The summed E-state index contributed by atoms with van der Waals surface area (Å²) in [5.41, 5.74) is 0. The second kappa shape index (κ2) is 23.0. The molecule has 157 valence electrons. The monoisotopic (exact) mass is 365 g/mol. The number of rotatable bonds is 22. The van der Waals surface area contributed by atoms with Crippen molar-refractivity contribution < 1.29 is 0 Å². The van der Waals surface area contributed by atoms with Crippen molar-refractivity contribution in [3.63, 3.8) is 0 Å². The SMILES string of the molecule is [CH2]CCCC(CCCCCC)CCCCCCCCCCCCCCC. The first-order valence-electron chi connectivity index (χ1n) is 12.6. The van der Waals surface area contributed by atoms with E-state index < -0.39 is 0 Å². The largest absolute Gasteiger partial charge is 0.0654 e. The molecule has 0 aromatic carbocycles. The van der Waals surface area contributed by atoms with Crippen LogP contribution in [0.3, 0.4) is 0 Å². The fraction of sp³-hybridized carbons (Fsp3) is 0.962. The minimum Gasteiger partial charge on any atom is -0.0654 e. The van der Waals surface area contributed by atoms with Crippen molar-refractivity contribution in [2.24, 2.45) is 5.92 Å². The van der Waals surface area contributed by atoms with Crippen molar-refractivity contribution in [2.75, 3.05) is 0 Å². The molecule has 0 heteroatoms. The molecule has 0 aliphatic carbocycles.